The van der Waals surface area contributed by atoms with Crippen LogP contribution in [0.5, 0.6) is 0 Å². The highest BCUT2D eigenvalue weighted by Crippen LogP contribution is 2.34. The van der Waals surface area contributed by atoms with Crippen molar-refractivity contribution < 1.29 is 4.79 Å². The van der Waals surface area contributed by atoms with Gasteiger partial charge in [-0.25, -0.2) is 14.6 Å². The van der Waals surface area contributed by atoms with Gasteiger partial charge in [0.2, 0.25) is 5.91 Å². The highest BCUT2D eigenvalue weighted by Gasteiger charge is 2.28. The fourth-order valence-corrected chi connectivity index (χ4v) is 5.78. The summed E-state index contributed by atoms with van der Waals surface area (Å²) in [7, 11) is 0. The Labute approximate surface area is 227 Å². The number of anilines is 1. The van der Waals surface area contributed by atoms with Gasteiger partial charge in [0.05, 0.1) is 23.1 Å². The van der Waals surface area contributed by atoms with E-state index in [0.29, 0.717) is 30.1 Å². The Morgan fingerprint density at radius 2 is 2.00 bits per heavy atom. The zero-order valence-corrected chi connectivity index (χ0v) is 21.8. The minimum atomic E-state index is -0.0659. The van der Waals surface area contributed by atoms with Crippen LogP contribution >= 0.6 is 0 Å². The molecule has 2 aliphatic rings. The predicted octanol–water partition coefficient (Wildman–Crippen LogP) is 3.85. The van der Waals surface area contributed by atoms with E-state index >= 15 is 0 Å². The van der Waals surface area contributed by atoms with Gasteiger partial charge >= 0.3 is 0 Å². The average Bonchev–Trinajstić information content (AvgIpc) is 3.38. The molecule has 2 N–H and O–H groups in total. The zero-order valence-electron chi connectivity index (χ0n) is 21.8. The monoisotopic (exact) mass is 518 g/mol. The summed E-state index contributed by atoms with van der Waals surface area (Å²) in [6, 6.07) is 16.7. The summed E-state index contributed by atoms with van der Waals surface area (Å²) >= 11 is 0. The van der Waals surface area contributed by atoms with Gasteiger partial charge in [-0.15, -0.1) is 0 Å². The van der Waals surface area contributed by atoms with E-state index < -0.39 is 0 Å². The van der Waals surface area contributed by atoms with Gasteiger partial charge < -0.3 is 10.6 Å². The van der Waals surface area contributed by atoms with Crippen LogP contribution in [0, 0.1) is 11.3 Å². The molecule has 4 aromatic rings. The van der Waals surface area contributed by atoms with Crippen molar-refractivity contribution in [3.63, 3.8) is 0 Å². The highest BCUT2D eigenvalue weighted by atomic mass is 16.2. The van der Waals surface area contributed by atoms with Crippen LogP contribution < -0.4 is 5.73 Å². The molecule has 1 unspecified atom stereocenters. The van der Waals surface area contributed by atoms with Gasteiger partial charge in [0.15, 0.2) is 5.65 Å². The Morgan fingerprint density at radius 1 is 1.15 bits per heavy atom. The van der Waals surface area contributed by atoms with Crippen LogP contribution in [0.4, 0.5) is 5.82 Å². The molecule has 0 radical (unpaired) electrons. The summed E-state index contributed by atoms with van der Waals surface area (Å²) in [6.07, 6.45) is 5.60. The number of carbonyl (C=O) groups is 1. The number of nitrogen functional groups attached to an aromatic ring is 1. The van der Waals surface area contributed by atoms with Gasteiger partial charge in [0, 0.05) is 38.3 Å². The number of benzene rings is 2. The molecule has 1 amide bonds. The van der Waals surface area contributed by atoms with E-state index in [1.54, 1.807) is 0 Å². The van der Waals surface area contributed by atoms with Gasteiger partial charge in [0.1, 0.15) is 17.8 Å². The van der Waals surface area contributed by atoms with Crippen LogP contribution in [0.2, 0.25) is 0 Å². The number of rotatable bonds is 5. The van der Waals surface area contributed by atoms with Crippen LogP contribution in [0.1, 0.15) is 41.1 Å². The molecule has 4 heterocycles. The number of hydrogen-bond donors (Lipinski definition) is 1. The van der Waals surface area contributed by atoms with Crippen molar-refractivity contribution in [1.29, 1.82) is 5.26 Å². The molecule has 1 atom stereocenters. The first kappa shape index (κ1) is 24.8. The third kappa shape index (κ3) is 4.75. The second-order valence-electron chi connectivity index (χ2n) is 10.3. The summed E-state index contributed by atoms with van der Waals surface area (Å²) in [6.45, 7) is 7.55. The van der Waals surface area contributed by atoms with E-state index in [9.17, 15) is 10.1 Å². The average molecular weight is 519 g/mol. The standard InChI is InChI=1S/C30H30N8O/c1-2-26(39)37-12-3-4-25(18-37)38-30-27(29(32)33-19-34-30)28(35-38)23-9-5-20(6-10-23)16-36-13-11-22-8-7-21(15-31)14-24(22)17-36/h2,5-10,14,19,25H,1,3-4,11-13,16-18H2,(H2,32,33,34). The topological polar surface area (TPSA) is 117 Å². The fraction of sp³-hybridized carbons (Fsp3) is 0.300. The molecule has 0 aliphatic carbocycles. The minimum Gasteiger partial charge on any atom is -0.383 e. The first-order chi connectivity index (χ1) is 19.0. The van der Waals surface area contributed by atoms with Gasteiger partial charge in [-0.05, 0) is 54.2 Å². The van der Waals surface area contributed by atoms with E-state index in [1.165, 1.54) is 29.1 Å². The molecule has 0 bridgehead atoms. The van der Waals surface area contributed by atoms with Crippen LogP contribution in [0.3, 0.4) is 0 Å². The van der Waals surface area contributed by atoms with Crippen LogP contribution in [-0.2, 0) is 24.3 Å². The van der Waals surface area contributed by atoms with Gasteiger partial charge in [-0.1, -0.05) is 36.9 Å². The van der Waals surface area contributed by atoms with E-state index in [2.05, 4.69) is 57.8 Å². The number of amides is 1. The molecular weight excluding hydrogens is 488 g/mol. The molecule has 39 heavy (non-hydrogen) atoms. The van der Waals surface area contributed by atoms with Crippen molar-refractivity contribution in [2.45, 2.75) is 38.4 Å². The first-order valence-corrected chi connectivity index (χ1v) is 13.3. The largest absolute Gasteiger partial charge is 0.383 e. The lowest BCUT2D eigenvalue weighted by Crippen LogP contribution is -2.40. The maximum atomic E-state index is 12.3. The predicted molar refractivity (Wildman–Crippen MR) is 149 cm³/mol. The SMILES string of the molecule is C=CC(=O)N1CCCC(n2nc(-c3ccc(CN4CCc5ccc(C#N)cc5C4)cc3)c3c(N)ncnc32)C1. The first-order valence-electron chi connectivity index (χ1n) is 13.3. The molecule has 9 heteroatoms. The van der Waals surface area contributed by atoms with Crippen molar-refractivity contribution in [2.24, 2.45) is 0 Å². The number of likely N-dealkylation sites (tertiary alicyclic amines) is 1. The normalized spacial score (nSPS) is 17.5. The number of nitriles is 1. The Morgan fingerprint density at radius 3 is 2.79 bits per heavy atom. The lowest BCUT2D eigenvalue weighted by molar-refractivity contribution is -0.127. The number of nitrogens with zero attached hydrogens (tertiary/aromatic N) is 7. The summed E-state index contributed by atoms with van der Waals surface area (Å²) in [5.41, 5.74) is 13.2. The molecule has 1 fully saturated rings. The van der Waals surface area contributed by atoms with Crippen molar-refractivity contribution in [3.8, 4) is 17.3 Å². The van der Waals surface area contributed by atoms with Crippen molar-refractivity contribution >= 4 is 22.8 Å². The van der Waals surface area contributed by atoms with E-state index in [0.717, 1.165) is 55.5 Å². The van der Waals surface area contributed by atoms with Crippen molar-refractivity contribution in [1.82, 2.24) is 29.5 Å². The van der Waals surface area contributed by atoms with Crippen LogP contribution in [0.25, 0.3) is 22.3 Å². The van der Waals surface area contributed by atoms with Crippen molar-refractivity contribution in [3.05, 3.63) is 83.7 Å². The molecule has 6 rings (SSSR count). The summed E-state index contributed by atoms with van der Waals surface area (Å²) in [4.78, 5) is 25.3. The Balaban J connectivity index is 1.25. The number of aromatic nitrogens is 4. The van der Waals surface area contributed by atoms with Gasteiger partial charge in [0.25, 0.3) is 0 Å². The number of fused-ring (bicyclic) bond motifs is 2. The maximum absolute atomic E-state index is 12.3. The quantitative estimate of drug-likeness (QED) is 0.399. The third-order valence-electron chi connectivity index (χ3n) is 7.81. The van der Waals surface area contributed by atoms with E-state index in [4.69, 9.17) is 10.8 Å². The van der Waals surface area contributed by atoms with Crippen molar-refractivity contribution in [2.75, 3.05) is 25.4 Å². The third-order valence-corrected chi connectivity index (χ3v) is 7.81. The van der Waals surface area contributed by atoms with Gasteiger partial charge in [-0.3, -0.25) is 9.69 Å². The molecular formula is C30H30N8O. The molecule has 2 aromatic heterocycles. The van der Waals surface area contributed by atoms with Gasteiger partial charge in [-0.2, -0.15) is 10.4 Å². The second kappa shape index (κ2) is 10.3. The molecule has 0 saturated carbocycles. The molecule has 1 saturated heterocycles. The molecule has 196 valence electrons. The molecule has 2 aromatic carbocycles. The smallest absolute Gasteiger partial charge is 0.246 e. The number of carbonyl (C=O) groups excluding carboxylic acids is 1. The Kier molecular flexibility index (Phi) is 6.55. The number of piperidine rings is 1. The Hall–Kier alpha value is -4.55. The minimum absolute atomic E-state index is 0.00370. The molecule has 9 nitrogen and oxygen atoms in total. The lowest BCUT2D eigenvalue weighted by Gasteiger charge is -2.32. The number of nitrogens with two attached hydrogens (primary N) is 1. The summed E-state index contributed by atoms with van der Waals surface area (Å²) in [5, 5.41) is 15.0. The van der Waals surface area contributed by atoms with E-state index in [-0.39, 0.29) is 11.9 Å². The Bertz CT molecular complexity index is 1600. The highest BCUT2D eigenvalue weighted by molar-refractivity contribution is 5.98. The zero-order chi connectivity index (χ0) is 26.9. The maximum Gasteiger partial charge on any atom is 0.246 e. The lowest BCUT2D eigenvalue weighted by atomic mass is 9.97. The summed E-state index contributed by atoms with van der Waals surface area (Å²) in [5.74, 6) is 0.327. The summed E-state index contributed by atoms with van der Waals surface area (Å²) < 4.78 is 1.92. The second-order valence-corrected chi connectivity index (χ2v) is 10.3. The fourth-order valence-electron chi connectivity index (χ4n) is 5.78. The molecule has 0 spiro atoms. The molecule has 2 aliphatic heterocycles. The van der Waals surface area contributed by atoms with Crippen LogP contribution in [0.15, 0.2) is 61.4 Å². The number of hydrogen-bond acceptors (Lipinski definition) is 7. The van der Waals surface area contributed by atoms with E-state index in [1.807, 2.05) is 21.7 Å². The van der Waals surface area contributed by atoms with Crippen LogP contribution in [-0.4, -0.2) is 55.1 Å².